The van der Waals surface area contributed by atoms with Crippen LogP contribution in [0, 0.1) is 5.92 Å². The highest BCUT2D eigenvalue weighted by Crippen LogP contribution is 2.33. The van der Waals surface area contributed by atoms with Crippen LogP contribution in [-0.4, -0.2) is 37.3 Å². The van der Waals surface area contributed by atoms with Crippen LogP contribution in [0.1, 0.15) is 18.4 Å². The molecule has 1 saturated heterocycles. The van der Waals surface area contributed by atoms with Crippen LogP contribution in [-0.2, 0) is 6.42 Å². The van der Waals surface area contributed by atoms with Gasteiger partial charge in [0.05, 0.1) is 25.3 Å². The Morgan fingerprint density at radius 3 is 2.37 bits per heavy atom. The van der Waals surface area contributed by atoms with E-state index in [2.05, 4.69) is 40.2 Å². The first-order valence-corrected chi connectivity index (χ1v) is 9.17. The SMILES string of the molecule is COc1cc2nc(N3CCC(Cc4ccccc4)CC3)[nH]c2cc1OC.Cl. The van der Waals surface area contributed by atoms with Gasteiger partial charge in [-0.05, 0) is 30.7 Å². The minimum absolute atomic E-state index is 0. The number of fused-ring (bicyclic) bond motifs is 1. The van der Waals surface area contributed by atoms with Crippen LogP contribution in [0.5, 0.6) is 11.5 Å². The molecule has 2 heterocycles. The number of H-pyrrole nitrogens is 1. The van der Waals surface area contributed by atoms with Crippen molar-refractivity contribution in [1.82, 2.24) is 9.97 Å². The van der Waals surface area contributed by atoms with Gasteiger partial charge in [-0.15, -0.1) is 12.4 Å². The normalized spacial score (nSPS) is 14.8. The van der Waals surface area contributed by atoms with E-state index < -0.39 is 0 Å². The summed E-state index contributed by atoms with van der Waals surface area (Å²) in [6.07, 6.45) is 3.56. The number of methoxy groups -OCH3 is 2. The summed E-state index contributed by atoms with van der Waals surface area (Å²) < 4.78 is 10.8. The summed E-state index contributed by atoms with van der Waals surface area (Å²) in [5, 5.41) is 0. The predicted molar refractivity (Wildman–Crippen MR) is 112 cm³/mol. The van der Waals surface area contributed by atoms with Gasteiger partial charge in [-0.25, -0.2) is 4.98 Å². The van der Waals surface area contributed by atoms with E-state index in [-0.39, 0.29) is 12.4 Å². The topological polar surface area (TPSA) is 50.4 Å². The number of nitrogens with zero attached hydrogens (tertiary/aromatic N) is 2. The Bertz CT molecular complexity index is 833. The third-order valence-corrected chi connectivity index (χ3v) is 5.26. The number of imidazole rings is 1. The smallest absolute Gasteiger partial charge is 0.203 e. The molecule has 0 amide bonds. The monoisotopic (exact) mass is 387 g/mol. The van der Waals surface area contributed by atoms with Crippen molar-refractivity contribution < 1.29 is 9.47 Å². The molecule has 1 N–H and O–H groups in total. The fourth-order valence-electron chi connectivity index (χ4n) is 3.77. The maximum Gasteiger partial charge on any atom is 0.203 e. The van der Waals surface area contributed by atoms with Crippen LogP contribution < -0.4 is 14.4 Å². The highest BCUT2D eigenvalue weighted by Gasteiger charge is 2.22. The first kappa shape index (κ1) is 19.4. The second kappa shape index (κ2) is 8.53. The number of benzene rings is 2. The molecule has 144 valence electrons. The average molecular weight is 388 g/mol. The maximum atomic E-state index is 5.38. The van der Waals surface area contributed by atoms with Crippen molar-refractivity contribution in [1.29, 1.82) is 0 Å². The molecule has 0 unspecified atom stereocenters. The molecule has 0 saturated carbocycles. The summed E-state index contributed by atoms with van der Waals surface area (Å²) in [7, 11) is 3.30. The van der Waals surface area contributed by atoms with Crippen molar-refractivity contribution in [3.8, 4) is 11.5 Å². The molecular formula is C21H26ClN3O2. The molecule has 5 nitrogen and oxygen atoms in total. The van der Waals surface area contributed by atoms with Crippen LogP contribution in [0.2, 0.25) is 0 Å². The van der Waals surface area contributed by atoms with Crippen molar-refractivity contribution in [2.75, 3.05) is 32.2 Å². The number of aromatic nitrogens is 2. The van der Waals surface area contributed by atoms with Crippen molar-refractivity contribution in [3.05, 3.63) is 48.0 Å². The lowest BCUT2D eigenvalue weighted by molar-refractivity contribution is 0.356. The Morgan fingerprint density at radius 1 is 1.04 bits per heavy atom. The molecule has 1 aliphatic heterocycles. The van der Waals surface area contributed by atoms with Crippen LogP contribution in [0.15, 0.2) is 42.5 Å². The molecular weight excluding hydrogens is 362 g/mol. The van der Waals surface area contributed by atoms with Gasteiger partial charge >= 0.3 is 0 Å². The van der Waals surface area contributed by atoms with Crippen LogP contribution in [0.4, 0.5) is 5.95 Å². The molecule has 0 aliphatic carbocycles. The molecule has 4 rings (SSSR count). The van der Waals surface area contributed by atoms with Gasteiger partial charge in [0.15, 0.2) is 11.5 Å². The number of nitrogens with one attached hydrogen (secondary N) is 1. The molecule has 27 heavy (non-hydrogen) atoms. The standard InChI is InChI=1S/C21H25N3O2.ClH/c1-25-19-13-17-18(14-20(19)26-2)23-21(22-17)24-10-8-16(9-11-24)12-15-6-4-3-5-7-15;/h3-7,13-14,16H,8-12H2,1-2H3,(H,22,23);1H. The van der Waals surface area contributed by atoms with Gasteiger partial charge in [-0.2, -0.15) is 0 Å². The van der Waals surface area contributed by atoms with Gasteiger partial charge < -0.3 is 19.4 Å². The zero-order valence-electron chi connectivity index (χ0n) is 15.8. The Balaban J connectivity index is 0.00000210. The molecule has 3 aromatic rings. The van der Waals surface area contributed by atoms with E-state index in [1.807, 2.05) is 12.1 Å². The minimum atomic E-state index is 0. The van der Waals surface area contributed by atoms with Crippen LogP contribution in [0.3, 0.4) is 0 Å². The van der Waals surface area contributed by atoms with E-state index in [9.17, 15) is 0 Å². The van der Waals surface area contributed by atoms with Crippen molar-refractivity contribution in [2.24, 2.45) is 5.92 Å². The Morgan fingerprint density at radius 2 is 1.70 bits per heavy atom. The lowest BCUT2D eigenvalue weighted by Crippen LogP contribution is -2.35. The second-order valence-corrected chi connectivity index (χ2v) is 6.90. The molecule has 1 aliphatic rings. The van der Waals surface area contributed by atoms with Gasteiger partial charge in [-0.1, -0.05) is 30.3 Å². The summed E-state index contributed by atoms with van der Waals surface area (Å²) in [6.45, 7) is 2.07. The first-order chi connectivity index (χ1) is 12.8. The number of aromatic amines is 1. The Labute approximate surface area is 166 Å². The molecule has 1 aromatic heterocycles. The number of halogens is 1. The number of hydrogen-bond donors (Lipinski definition) is 1. The molecule has 0 atom stereocenters. The zero-order valence-corrected chi connectivity index (χ0v) is 16.6. The quantitative estimate of drug-likeness (QED) is 0.702. The summed E-state index contributed by atoms with van der Waals surface area (Å²) in [5.41, 5.74) is 3.32. The fourth-order valence-corrected chi connectivity index (χ4v) is 3.77. The Kier molecular flexibility index (Phi) is 6.11. The number of rotatable bonds is 5. The van der Waals surface area contributed by atoms with Gasteiger partial charge in [0, 0.05) is 25.2 Å². The van der Waals surface area contributed by atoms with Crippen molar-refractivity contribution in [2.45, 2.75) is 19.3 Å². The van der Waals surface area contributed by atoms with Gasteiger partial charge in [0.2, 0.25) is 5.95 Å². The third-order valence-electron chi connectivity index (χ3n) is 5.26. The summed E-state index contributed by atoms with van der Waals surface area (Å²) in [5.74, 6) is 3.11. The predicted octanol–water partition coefficient (Wildman–Crippen LogP) is 4.46. The lowest BCUT2D eigenvalue weighted by atomic mass is 9.90. The lowest BCUT2D eigenvalue weighted by Gasteiger charge is -2.31. The fraction of sp³-hybridized carbons (Fsp3) is 0.381. The molecule has 0 radical (unpaired) electrons. The summed E-state index contributed by atoms with van der Waals surface area (Å²) in [4.78, 5) is 10.5. The highest BCUT2D eigenvalue weighted by atomic mass is 35.5. The highest BCUT2D eigenvalue weighted by molar-refractivity contribution is 5.85. The van der Waals surface area contributed by atoms with E-state index in [1.165, 1.54) is 24.8 Å². The van der Waals surface area contributed by atoms with Crippen molar-refractivity contribution in [3.63, 3.8) is 0 Å². The van der Waals surface area contributed by atoms with Gasteiger partial charge in [-0.3, -0.25) is 0 Å². The zero-order chi connectivity index (χ0) is 17.9. The van der Waals surface area contributed by atoms with Gasteiger partial charge in [0.25, 0.3) is 0 Å². The summed E-state index contributed by atoms with van der Waals surface area (Å²) >= 11 is 0. The van der Waals surface area contributed by atoms with E-state index in [0.717, 1.165) is 41.7 Å². The number of anilines is 1. The molecule has 2 aromatic carbocycles. The molecule has 0 spiro atoms. The van der Waals surface area contributed by atoms with E-state index in [0.29, 0.717) is 5.75 Å². The van der Waals surface area contributed by atoms with E-state index in [4.69, 9.17) is 14.5 Å². The largest absolute Gasteiger partial charge is 0.493 e. The minimum Gasteiger partial charge on any atom is -0.493 e. The Hall–Kier alpha value is -2.40. The maximum absolute atomic E-state index is 5.38. The molecule has 1 fully saturated rings. The van der Waals surface area contributed by atoms with Crippen LogP contribution in [0.25, 0.3) is 11.0 Å². The second-order valence-electron chi connectivity index (χ2n) is 6.90. The molecule has 6 heteroatoms. The van der Waals surface area contributed by atoms with Crippen molar-refractivity contribution >= 4 is 29.4 Å². The number of piperidine rings is 1. The van der Waals surface area contributed by atoms with E-state index >= 15 is 0 Å². The van der Waals surface area contributed by atoms with E-state index in [1.54, 1.807) is 14.2 Å². The van der Waals surface area contributed by atoms with Gasteiger partial charge in [0.1, 0.15) is 0 Å². The average Bonchev–Trinajstić information content (AvgIpc) is 3.11. The first-order valence-electron chi connectivity index (χ1n) is 9.17. The molecule has 0 bridgehead atoms. The summed E-state index contributed by atoms with van der Waals surface area (Å²) in [6, 6.07) is 14.7. The van der Waals surface area contributed by atoms with Crippen LogP contribution >= 0.6 is 12.4 Å². The number of ether oxygens (including phenoxy) is 2. The number of hydrogen-bond acceptors (Lipinski definition) is 4. The third kappa shape index (κ3) is 4.14.